The van der Waals surface area contributed by atoms with Crippen LogP contribution in [-0.2, 0) is 11.2 Å². The minimum Gasteiger partial charge on any atom is -0.385 e. The molecular weight excluding hydrogens is 462 g/mol. The molecule has 0 spiro atoms. The summed E-state index contributed by atoms with van der Waals surface area (Å²) in [5, 5.41) is 3.52. The second-order valence-electron chi connectivity index (χ2n) is 9.98. The number of nitrogens with zero attached hydrogens (tertiary/aromatic N) is 2. The summed E-state index contributed by atoms with van der Waals surface area (Å²) in [6, 6.07) is 26.0. The standard InChI is InChI=1S/C31H35N3O3/c1-37-21-7-18-34-29(27-10-5-6-11-28(27)31(34)36)32-26-14-12-25(13-15-26)30(35)33-19-16-24(17-20-33)22-23-8-3-2-4-9-23/h2-6,8-15,24,29,32H,7,16-22H2,1H3/t29-/m1/s1. The number of methoxy groups -OCH3 is 1. The number of hydrogen-bond donors (Lipinski definition) is 1. The van der Waals surface area contributed by atoms with Gasteiger partial charge in [-0.2, -0.15) is 0 Å². The van der Waals surface area contributed by atoms with E-state index in [1.165, 1.54) is 5.56 Å². The molecule has 1 N–H and O–H groups in total. The van der Waals surface area contributed by atoms with Crippen molar-refractivity contribution < 1.29 is 14.3 Å². The number of hydrogen-bond acceptors (Lipinski definition) is 4. The van der Waals surface area contributed by atoms with Crippen molar-refractivity contribution >= 4 is 17.5 Å². The summed E-state index contributed by atoms with van der Waals surface area (Å²) in [6.45, 7) is 2.81. The second kappa shape index (κ2) is 11.6. The number of ether oxygens (including phenoxy) is 1. The molecule has 3 aromatic carbocycles. The van der Waals surface area contributed by atoms with Crippen LogP contribution in [0.1, 0.15) is 57.3 Å². The van der Waals surface area contributed by atoms with Crippen LogP contribution >= 0.6 is 0 Å². The van der Waals surface area contributed by atoms with Gasteiger partial charge in [0.25, 0.3) is 11.8 Å². The van der Waals surface area contributed by atoms with Gasteiger partial charge in [-0.15, -0.1) is 0 Å². The number of carbonyl (C=O) groups is 2. The monoisotopic (exact) mass is 497 g/mol. The lowest BCUT2D eigenvalue weighted by atomic mass is 9.90. The molecule has 2 aliphatic rings. The van der Waals surface area contributed by atoms with Crippen LogP contribution in [0.4, 0.5) is 5.69 Å². The van der Waals surface area contributed by atoms with Crippen LogP contribution in [0, 0.1) is 5.92 Å². The highest BCUT2D eigenvalue weighted by atomic mass is 16.5. The highest BCUT2D eigenvalue weighted by Gasteiger charge is 2.36. The number of likely N-dealkylation sites (tertiary alicyclic amines) is 1. The van der Waals surface area contributed by atoms with Crippen LogP contribution in [-0.4, -0.2) is 55.0 Å². The molecule has 1 saturated heterocycles. The molecule has 1 atom stereocenters. The SMILES string of the molecule is COCCCN1C(=O)c2ccccc2[C@@H]1Nc1ccc(C(=O)N2CCC(Cc3ccccc3)CC2)cc1. The largest absolute Gasteiger partial charge is 0.385 e. The van der Waals surface area contributed by atoms with Gasteiger partial charge in [0, 0.05) is 55.7 Å². The Morgan fingerprint density at radius 1 is 0.946 bits per heavy atom. The normalized spacial score (nSPS) is 17.6. The molecule has 192 valence electrons. The van der Waals surface area contributed by atoms with E-state index in [1.807, 2.05) is 58.3 Å². The van der Waals surface area contributed by atoms with Gasteiger partial charge < -0.3 is 19.9 Å². The molecule has 6 nitrogen and oxygen atoms in total. The molecule has 1 fully saturated rings. The first-order valence-corrected chi connectivity index (χ1v) is 13.2. The number of rotatable bonds is 9. The fourth-order valence-corrected chi connectivity index (χ4v) is 5.47. The van der Waals surface area contributed by atoms with E-state index in [2.05, 4.69) is 35.6 Å². The van der Waals surface area contributed by atoms with E-state index >= 15 is 0 Å². The molecule has 2 amide bonds. The highest BCUT2D eigenvalue weighted by Crippen LogP contribution is 2.34. The Labute approximate surface area is 219 Å². The zero-order valence-corrected chi connectivity index (χ0v) is 21.4. The summed E-state index contributed by atoms with van der Waals surface area (Å²) in [5.74, 6) is 0.751. The van der Waals surface area contributed by atoms with Crippen molar-refractivity contribution in [1.82, 2.24) is 9.80 Å². The smallest absolute Gasteiger partial charge is 0.256 e. The van der Waals surface area contributed by atoms with E-state index in [4.69, 9.17) is 4.74 Å². The Hall–Kier alpha value is -3.64. The summed E-state index contributed by atoms with van der Waals surface area (Å²) < 4.78 is 5.19. The van der Waals surface area contributed by atoms with Gasteiger partial charge in [-0.1, -0.05) is 48.5 Å². The average molecular weight is 498 g/mol. The lowest BCUT2D eigenvalue weighted by molar-refractivity contribution is 0.0689. The van der Waals surface area contributed by atoms with Gasteiger partial charge in [-0.25, -0.2) is 0 Å². The first-order chi connectivity index (χ1) is 18.1. The maximum absolute atomic E-state index is 13.2. The van der Waals surface area contributed by atoms with Gasteiger partial charge in [-0.3, -0.25) is 9.59 Å². The quantitative estimate of drug-likeness (QED) is 0.403. The number of fused-ring (bicyclic) bond motifs is 1. The molecule has 3 aromatic rings. The van der Waals surface area contributed by atoms with Crippen molar-refractivity contribution in [3.05, 3.63) is 101 Å². The van der Waals surface area contributed by atoms with Gasteiger partial charge in [-0.05, 0) is 67.5 Å². The molecule has 0 radical (unpaired) electrons. The van der Waals surface area contributed by atoms with Gasteiger partial charge in [0.1, 0.15) is 6.17 Å². The molecule has 6 heteroatoms. The van der Waals surface area contributed by atoms with E-state index in [1.54, 1.807) is 7.11 Å². The van der Waals surface area contributed by atoms with E-state index in [0.717, 1.165) is 55.6 Å². The van der Waals surface area contributed by atoms with Crippen LogP contribution in [0.5, 0.6) is 0 Å². The predicted octanol–water partition coefficient (Wildman–Crippen LogP) is 5.38. The fourth-order valence-electron chi connectivity index (χ4n) is 5.47. The van der Waals surface area contributed by atoms with Gasteiger partial charge in [0.15, 0.2) is 0 Å². The summed E-state index contributed by atoms with van der Waals surface area (Å²) in [4.78, 5) is 30.0. The van der Waals surface area contributed by atoms with Crippen LogP contribution in [0.25, 0.3) is 0 Å². The number of nitrogens with one attached hydrogen (secondary N) is 1. The van der Waals surface area contributed by atoms with Crippen LogP contribution in [0.3, 0.4) is 0 Å². The Bertz CT molecular complexity index is 1200. The third-order valence-corrected chi connectivity index (χ3v) is 7.51. The maximum atomic E-state index is 13.2. The molecule has 37 heavy (non-hydrogen) atoms. The molecule has 0 unspecified atom stereocenters. The highest BCUT2D eigenvalue weighted by molar-refractivity contribution is 5.99. The zero-order valence-electron chi connectivity index (χ0n) is 21.4. The lowest BCUT2D eigenvalue weighted by Gasteiger charge is -2.32. The van der Waals surface area contributed by atoms with Gasteiger partial charge in [0.05, 0.1) is 0 Å². The van der Waals surface area contributed by atoms with Crippen molar-refractivity contribution in [2.75, 3.05) is 38.7 Å². The summed E-state index contributed by atoms with van der Waals surface area (Å²) >= 11 is 0. The number of anilines is 1. The third kappa shape index (κ3) is 5.70. The Morgan fingerprint density at radius 3 is 2.38 bits per heavy atom. The minimum absolute atomic E-state index is 0.0340. The van der Waals surface area contributed by atoms with Crippen molar-refractivity contribution in [3.8, 4) is 0 Å². The number of amides is 2. The maximum Gasteiger partial charge on any atom is 0.256 e. The van der Waals surface area contributed by atoms with Crippen LogP contribution < -0.4 is 5.32 Å². The van der Waals surface area contributed by atoms with Crippen molar-refractivity contribution in [3.63, 3.8) is 0 Å². The molecule has 0 aliphatic carbocycles. The predicted molar refractivity (Wildman–Crippen MR) is 146 cm³/mol. The molecule has 0 saturated carbocycles. The first kappa shape index (κ1) is 25.0. The van der Waals surface area contributed by atoms with E-state index in [0.29, 0.717) is 24.6 Å². The van der Waals surface area contributed by atoms with E-state index in [9.17, 15) is 9.59 Å². The molecular formula is C31H35N3O3. The van der Waals surface area contributed by atoms with Crippen LogP contribution in [0.2, 0.25) is 0 Å². The van der Waals surface area contributed by atoms with Crippen molar-refractivity contribution in [2.24, 2.45) is 5.92 Å². The van der Waals surface area contributed by atoms with Crippen LogP contribution in [0.15, 0.2) is 78.9 Å². The lowest BCUT2D eigenvalue weighted by Crippen LogP contribution is -2.38. The summed E-state index contributed by atoms with van der Waals surface area (Å²) in [7, 11) is 1.67. The van der Waals surface area contributed by atoms with E-state index in [-0.39, 0.29) is 18.0 Å². The molecule has 0 bridgehead atoms. The van der Waals surface area contributed by atoms with Crippen molar-refractivity contribution in [2.45, 2.75) is 31.8 Å². The Kier molecular flexibility index (Phi) is 7.85. The van der Waals surface area contributed by atoms with Gasteiger partial charge in [0.2, 0.25) is 0 Å². The average Bonchev–Trinajstić information content (AvgIpc) is 3.20. The summed E-state index contributed by atoms with van der Waals surface area (Å²) in [5.41, 5.74) is 4.67. The number of benzene rings is 3. The van der Waals surface area contributed by atoms with Gasteiger partial charge >= 0.3 is 0 Å². The second-order valence-corrected chi connectivity index (χ2v) is 9.98. The minimum atomic E-state index is -0.245. The molecule has 5 rings (SSSR count). The number of carbonyl (C=O) groups excluding carboxylic acids is 2. The fraction of sp³-hybridized carbons (Fsp3) is 0.355. The number of piperidine rings is 1. The topological polar surface area (TPSA) is 61.9 Å². The Balaban J connectivity index is 1.20. The van der Waals surface area contributed by atoms with E-state index < -0.39 is 0 Å². The zero-order chi connectivity index (χ0) is 25.6. The summed E-state index contributed by atoms with van der Waals surface area (Å²) in [6.07, 6.45) is 3.68. The third-order valence-electron chi connectivity index (χ3n) is 7.51. The molecule has 2 aliphatic heterocycles. The van der Waals surface area contributed by atoms with Crippen molar-refractivity contribution in [1.29, 1.82) is 0 Å². The molecule has 2 heterocycles. The Morgan fingerprint density at radius 2 is 1.65 bits per heavy atom. The molecule has 0 aromatic heterocycles. The first-order valence-electron chi connectivity index (χ1n) is 13.2.